The van der Waals surface area contributed by atoms with Gasteiger partial charge in [0, 0.05) is 17.3 Å². The molecule has 0 spiro atoms. The van der Waals surface area contributed by atoms with Crippen LogP contribution in [0.5, 0.6) is 5.75 Å². The molecule has 5 heteroatoms. The highest BCUT2D eigenvalue weighted by Crippen LogP contribution is 2.39. The standard InChI is InChI=1S/C12H12F2NO2/c13-12(14)16-7-9-10(15-8-3-1-4-8)5-2-6-11(9)17-12/h2,5-8,15H,1,3-4H2. The van der Waals surface area contributed by atoms with Crippen molar-refractivity contribution in [3.8, 4) is 5.75 Å². The van der Waals surface area contributed by atoms with Gasteiger partial charge in [-0.2, -0.15) is 0 Å². The molecule has 0 saturated heterocycles. The van der Waals surface area contributed by atoms with Crippen LogP contribution >= 0.6 is 0 Å². The quantitative estimate of drug-likeness (QED) is 0.861. The molecule has 0 unspecified atom stereocenters. The van der Waals surface area contributed by atoms with Crippen molar-refractivity contribution in [1.82, 2.24) is 0 Å². The van der Waals surface area contributed by atoms with Crippen LogP contribution in [0.3, 0.4) is 0 Å². The summed E-state index contributed by atoms with van der Waals surface area (Å²) in [6.07, 6.45) is -0.132. The fraction of sp³-hybridized carbons (Fsp3) is 0.417. The normalized spacial score (nSPS) is 22.2. The number of halogens is 2. The zero-order chi connectivity index (χ0) is 11.9. The van der Waals surface area contributed by atoms with Crippen LogP contribution in [0.2, 0.25) is 0 Å². The molecule has 1 aliphatic carbocycles. The average Bonchev–Trinajstić information content (AvgIpc) is 2.21. The van der Waals surface area contributed by atoms with E-state index >= 15 is 0 Å². The highest BCUT2D eigenvalue weighted by atomic mass is 19.3. The van der Waals surface area contributed by atoms with E-state index in [-0.39, 0.29) is 5.75 Å². The maximum atomic E-state index is 12.9. The highest BCUT2D eigenvalue weighted by molar-refractivity contribution is 5.61. The second-order valence-corrected chi connectivity index (χ2v) is 4.29. The molecular formula is C12H12F2NO2. The minimum Gasteiger partial charge on any atom is -0.409 e. The summed E-state index contributed by atoms with van der Waals surface area (Å²) in [5.74, 6) is 0.144. The molecule has 3 nitrogen and oxygen atoms in total. The number of ether oxygens (including phenoxy) is 2. The number of nitrogens with one attached hydrogen (secondary N) is 1. The summed E-state index contributed by atoms with van der Waals surface area (Å²) in [4.78, 5) is 0. The number of fused-ring (bicyclic) bond motifs is 1. The summed E-state index contributed by atoms with van der Waals surface area (Å²) < 4.78 is 34.4. The third kappa shape index (κ3) is 2.07. The van der Waals surface area contributed by atoms with Gasteiger partial charge in [-0.3, -0.25) is 4.74 Å². The third-order valence-electron chi connectivity index (χ3n) is 3.07. The van der Waals surface area contributed by atoms with E-state index in [1.54, 1.807) is 6.07 Å². The summed E-state index contributed by atoms with van der Waals surface area (Å²) >= 11 is 0. The molecule has 1 aliphatic heterocycles. The third-order valence-corrected chi connectivity index (χ3v) is 3.07. The van der Waals surface area contributed by atoms with Crippen LogP contribution in [0.1, 0.15) is 24.8 Å². The molecule has 0 bridgehead atoms. The van der Waals surface area contributed by atoms with E-state index in [4.69, 9.17) is 0 Å². The molecule has 91 valence electrons. The Labute approximate surface area is 97.7 Å². The predicted molar refractivity (Wildman–Crippen MR) is 57.8 cm³/mol. The van der Waals surface area contributed by atoms with Gasteiger partial charge >= 0.3 is 6.29 Å². The van der Waals surface area contributed by atoms with Crippen molar-refractivity contribution in [2.75, 3.05) is 5.32 Å². The first-order chi connectivity index (χ1) is 8.14. The lowest BCUT2D eigenvalue weighted by atomic mass is 9.92. The van der Waals surface area contributed by atoms with Crippen LogP contribution in [0.15, 0.2) is 18.2 Å². The Hall–Kier alpha value is -1.36. The van der Waals surface area contributed by atoms with Crippen molar-refractivity contribution >= 4 is 5.69 Å². The molecule has 0 aromatic heterocycles. The molecule has 1 aromatic carbocycles. The second-order valence-electron chi connectivity index (χ2n) is 4.29. The summed E-state index contributed by atoms with van der Waals surface area (Å²) in [5, 5.41) is 3.30. The van der Waals surface area contributed by atoms with Crippen LogP contribution < -0.4 is 10.1 Å². The first-order valence-electron chi connectivity index (χ1n) is 5.61. The lowest BCUT2D eigenvalue weighted by Crippen LogP contribution is -2.33. The first kappa shape index (κ1) is 10.8. The van der Waals surface area contributed by atoms with Gasteiger partial charge in [0.25, 0.3) is 0 Å². The second kappa shape index (κ2) is 3.84. The van der Waals surface area contributed by atoms with Gasteiger partial charge in [-0.15, -0.1) is 8.78 Å². The van der Waals surface area contributed by atoms with E-state index in [1.807, 2.05) is 6.07 Å². The van der Waals surface area contributed by atoms with Crippen molar-refractivity contribution in [3.63, 3.8) is 0 Å². The smallest absolute Gasteiger partial charge is 0.409 e. The number of hydrogen-bond acceptors (Lipinski definition) is 3. The van der Waals surface area contributed by atoms with E-state index in [0.717, 1.165) is 25.1 Å². The monoisotopic (exact) mass is 240 g/mol. The van der Waals surface area contributed by atoms with Crippen molar-refractivity contribution in [2.45, 2.75) is 31.6 Å². The zero-order valence-electron chi connectivity index (χ0n) is 9.08. The Morgan fingerprint density at radius 3 is 2.82 bits per heavy atom. The van der Waals surface area contributed by atoms with E-state index in [9.17, 15) is 8.78 Å². The van der Waals surface area contributed by atoms with E-state index in [1.165, 1.54) is 12.5 Å². The van der Waals surface area contributed by atoms with Gasteiger partial charge in [0.15, 0.2) is 0 Å². The van der Waals surface area contributed by atoms with Crippen LogP contribution in [0, 0.1) is 6.61 Å². The Morgan fingerprint density at radius 2 is 2.12 bits per heavy atom. The predicted octanol–water partition coefficient (Wildman–Crippen LogP) is 3.12. The molecule has 3 rings (SSSR count). The van der Waals surface area contributed by atoms with Gasteiger partial charge in [0.05, 0.1) is 0 Å². The molecule has 1 aromatic rings. The molecule has 17 heavy (non-hydrogen) atoms. The van der Waals surface area contributed by atoms with E-state index in [0.29, 0.717) is 11.6 Å². The minimum atomic E-state index is -3.57. The molecule has 1 heterocycles. The Kier molecular flexibility index (Phi) is 2.43. The van der Waals surface area contributed by atoms with Gasteiger partial charge in [0.2, 0.25) is 0 Å². The molecule has 1 radical (unpaired) electrons. The first-order valence-corrected chi connectivity index (χ1v) is 5.61. The highest BCUT2D eigenvalue weighted by Gasteiger charge is 2.39. The number of hydrogen-bond donors (Lipinski definition) is 1. The maximum absolute atomic E-state index is 12.9. The molecule has 1 fully saturated rings. The van der Waals surface area contributed by atoms with Crippen molar-refractivity contribution in [3.05, 3.63) is 30.4 Å². The Bertz CT molecular complexity index is 433. The molecule has 2 aliphatic rings. The average molecular weight is 240 g/mol. The molecular weight excluding hydrogens is 228 g/mol. The van der Waals surface area contributed by atoms with Crippen molar-refractivity contribution < 1.29 is 18.3 Å². The topological polar surface area (TPSA) is 30.5 Å². The van der Waals surface area contributed by atoms with Crippen LogP contribution in [-0.2, 0) is 4.74 Å². The fourth-order valence-corrected chi connectivity index (χ4v) is 1.93. The molecule has 0 atom stereocenters. The molecule has 1 N–H and O–H groups in total. The minimum absolute atomic E-state index is 0.144. The molecule has 1 saturated carbocycles. The van der Waals surface area contributed by atoms with Crippen molar-refractivity contribution in [2.24, 2.45) is 0 Å². The summed E-state index contributed by atoms with van der Waals surface area (Å²) in [6, 6.07) is 5.46. The van der Waals surface area contributed by atoms with Crippen molar-refractivity contribution in [1.29, 1.82) is 0 Å². The van der Waals surface area contributed by atoms with Gasteiger partial charge < -0.3 is 10.1 Å². The summed E-state index contributed by atoms with van der Waals surface area (Å²) in [6.45, 7) is 1.06. The number of alkyl halides is 2. The lowest BCUT2D eigenvalue weighted by Gasteiger charge is -2.31. The van der Waals surface area contributed by atoms with Crippen LogP contribution in [0.4, 0.5) is 14.5 Å². The van der Waals surface area contributed by atoms with E-state index < -0.39 is 6.29 Å². The Balaban J connectivity index is 1.85. The largest absolute Gasteiger partial charge is 0.535 e. The van der Waals surface area contributed by atoms with Gasteiger partial charge in [-0.25, -0.2) is 0 Å². The zero-order valence-corrected chi connectivity index (χ0v) is 9.08. The fourth-order valence-electron chi connectivity index (χ4n) is 1.93. The molecule has 0 amide bonds. The van der Waals surface area contributed by atoms with E-state index in [2.05, 4.69) is 14.8 Å². The Morgan fingerprint density at radius 1 is 1.29 bits per heavy atom. The maximum Gasteiger partial charge on any atom is 0.535 e. The number of anilines is 1. The van der Waals surface area contributed by atoms with Gasteiger partial charge in [0.1, 0.15) is 12.4 Å². The van der Waals surface area contributed by atoms with Crippen LogP contribution in [-0.4, -0.2) is 12.3 Å². The SMILES string of the molecule is FC1(F)O[CH]c2c(NC3CCC3)cccc2O1. The van der Waals surface area contributed by atoms with Gasteiger partial charge in [-0.05, 0) is 31.4 Å². The van der Waals surface area contributed by atoms with Crippen LogP contribution in [0.25, 0.3) is 0 Å². The number of benzene rings is 1. The lowest BCUT2D eigenvalue weighted by molar-refractivity contribution is -0.344. The number of rotatable bonds is 2. The van der Waals surface area contributed by atoms with Gasteiger partial charge in [-0.1, -0.05) is 6.07 Å². The summed E-state index contributed by atoms with van der Waals surface area (Å²) in [5.41, 5.74) is 1.33. The summed E-state index contributed by atoms with van der Waals surface area (Å²) in [7, 11) is 0.